The van der Waals surface area contributed by atoms with E-state index < -0.39 is 5.97 Å². The van der Waals surface area contributed by atoms with Crippen molar-refractivity contribution >= 4 is 11.9 Å². The zero-order valence-corrected chi connectivity index (χ0v) is 10.8. The molecule has 6 nitrogen and oxygen atoms in total. The van der Waals surface area contributed by atoms with Crippen molar-refractivity contribution < 1.29 is 18.7 Å². The molecule has 0 saturated heterocycles. The third kappa shape index (κ3) is 4.58. The van der Waals surface area contributed by atoms with Gasteiger partial charge in [-0.3, -0.25) is 4.79 Å². The van der Waals surface area contributed by atoms with Crippen LogP contribution >= 0.6 is 0 Å². The van der Waals surface area contributed by atoms with Gasteiger partial charge in [0.1, 0.15) is 12.0 Å². The number of esters is 1. The lowest BCUT2D eigenvalue weighted by atomic mass is 10.3. The highest BCUT2D eigenvalue weighted by Crippen LogP contribution is 2.08. The van der Waals surface area contributed by atoms with E-state index in [0.717, 1.165) is 0 Å². The summed E-state index contributed by atoms with van der Waals surface area (Å²) in [4.78, 5) is 22.5. The zero-order valence-electron chi connectivity index (χ0n) is 10.8. The molecule has 0 unspecified atom stereocenters. The monoisotopic (exact) mass is 254 g/mol. The lowest BCUT2D eigenvalue weighted by molar-refractivity contribution is -0.120. The molecule has 0 saturated carbocycles. The number of hydrogen-bond donors (Lipinski definition) is 2. The van der Waals surface area contributed by atoms with Crippen LogP contribution in [0.2, 0.25) is 0 Å². The van der Waals surface area contributed by atoms with E-state index in [2.05, 4.69) is 15.4 Å². The molecule has 100 valence electrons. The number of carbonyl (C=O) groups is 2. The first kappa shape index (κ1) is 14.2. The Balaban J connectivity index is 2.33. The predicted molar refractivity (Wildman–Crippen MR) is 65.0 cm³/mol. The first-order chi connectivity index (χ1) is 8.52. The Morgan fingerprint density at radius 3 is 2.78 bits per heavy atom. The highest BCUT2D eigenvalue weighted by Gasteiger charge is 2.10. The molecule has 0 aliphatic carbocycles. The maximum Gasteiger partial charge on any atom is 0.341 e. The van der Waals surface area contributed by atoms with Crippen LogP contribution < -0.4 is 10.6 Å². The summed E-state index contributed by atoms with van der Waals surface area (Å²) in [5.74, 6) is 0.0556. The van der Waals surface area contributed by atoms with Gasteiger partial charge in [0.25, 0.3) is 0 Å². The molecule has 0 aliphatic heterocycles. The van der Waals surface area contributed by atoms with Crippen LogP contribution in [0.4, 0.5) is 0 Å². The van der Waals surface area contributed by atoms with Gasteiger partial charge in [0, 0.05) is 6.04 Å². The number of furan rings is 1. The molecule has 18 heavy (non-hydrogen) atoms. The largest absolute Gasteiger partial charge is 0.467 e. The van der Waals surface area contributed by atoms with Crippen LogP contribution in [-0.2, 0) is 16.1 Å². The number of ether oxygens (including phenoxy) is 1. The molecule has 0 spiro atoms. The third-order valence-electron chi connectivity index (χ3n) is 2.11. The summed E-state index contributed by atoms with van der Waals surface area (Å²) in [6.45, 7) is 4.37. The van der Waals surface area contributed by atoms with Gasteiger partial charge >= 0.3 is 5.97 Å². The fourth-order valence-electron chi connectivity index (χ4n) is 1.37. The number of methoxy groups -OCH3 is 1. The summed E-state index contributed by atoms with van der Waals surface area (Å²) in [6.07, 6.45) is 1.33. The Labute approximate surface area is 106 Å². The molecule has 1 aromatic rings. The first-order valence-corrected chi connectivity index (χ1v) is 5.68. The van der Waals surface area contributed by atoms with Crippen LogP contribution in [0.15, 0.2) is 16.7 Å². The highest BCUT2D eigenvalue weighted by atomic mass is 16.5. The lowest BCUT2D eigenvalue weighted by Crippen LogP contribution is -2.37. The Hall–Kier alpha value is -1.82. The van der Waals surface area contributed by atoms with E-state index >= 15 is 0 Å². The Kier molecular flexibility index (Phi) is 5.38. The van der Waals surface area contributed by atoms with E-state index in [1.807, 2.05) is 13.8 Å². The summed E-state index contributed by atoms with van der Waals surface area (Å²) >= 11 is 0. The van der Waals surface area contributed by atoms with Gasteiger partial charge in [-0.1, -0.05) is 0 Å². The second-order valence-electron chi connectivity index (χ2n) is 4.12. The van der Waals surface area contributed by atoms with E-state index in [1.54, 1.807) is 6.07 Å². The number of hydrogen-bond acceptors (Lipinski definition) is 5. The molecule has 6 heteroatoms. The molecule has 2 N–H and O–H groups in total. The molecule has 1 aromatic heterocycles. The maximum absolute atomic E-state index is 11.3. The van der Waals surface area contributed by atoms with Gasteiger partial charge in [-0.25, -0.2) is 4.79 Å². The molecule has 1 rings (SSSR count). The number of amides is 1. The minimum atomic E-state index is -0.442. The predicted octanol–water partition coefficient (Wildman–Crippen LogP) is 0.680. The van der Waals surface area contributed by atoms with E-state index in [4.69, 9.17) is 4.42 Å². The Morgan fingerprint density at radius 1 is 1.44 bits per heavy atom. The molecule has 0 aromatic carbocycles. The van der Waals surface area contributed by atoms with Crippen molar-refractivity contribution in [1.82, 2.24) is 10.6 Å². The van der Waals surface area contributed by atoms with Gasteiger partial charge in [-0.15, -0.1) is 0 Å². The summed E-state index contributed by atoms with van der Waals surface area (Å²) < 4.78 is 9.71. The highest BCUT2D eigenvalue weighted by molar-refractivity contribution is 5.88. The van der Waals surface area contributed by atoms with Crippen LogP contribution in [0.1, 0.15) is 30.0 Å². The minimum Gasteiger partial charge on any atom is -0.467 e. The van der Waals surface area contributed by atoms with Crippen LogP contribution in [0.25, 0.3) is 0 Å². The van der Waals surface area contributed by atoms with Gasteiger partial charge < -0.3 is 19.8 Å². The fraction of sp³-hybridized carbons (Fsp3) is 0.500. The van der Waals surface area contributed by atoms with Crippen LogP contribution in [0.5, 0.6) is 0 Å². The summed E-state index contributed by atoms with van der Waals surface area (Å²) in [7, 11) is 1.31. The van der Waals surface area contributed by atoms with Gasteiger partial charge in [0.05, 0.1) is 25.8 Å². The third-order valence-corrected chi connectivity index (χ3v) is 2.11. The minimum absolute atomic E-state index is 0.0789. The van der Waals surface area contributed by atoms with Crippen LogP contribution in [0, 0.1) is 0 Å². The van der Waals surface area contributed by atoms with Crippen molar-refractivity contribution in [3.05, 3.63) is 23.7 Å². The van der Waals surface area contributed by atoms with E-state index in [1.165, 1.54) is 13.4 Å². The SMILES string of the molecule is COC(=O)c1coc(CNCC(=O)NC(C)C)c1. The van der Waals surface area contributed by atoms with E-state index in [-0.39, 0.29) is 18.5 Å². The average molecular weight is 254 g/mol. The first-order valence-electron chi connectivity index (χ1n) is 5.68. The fourth-order valence-corrected chi connectivity index (χ4v) is 1.37. The molecule has 0 atom stereocenters. The standard InChI is InChI=1S/C12H18N2O4/c1-8(2)14-11(15)6-13-5-10-4-9(7-18-10)12(16)17-3/h4,7-8,13H,5-6H2,1-3H3,(H,14,15). The number of nitrogens with one attached hydrogen (secondary N) is 2. The van der Waals surface area contributed by atoms with Crippen LogP contribution in [-0.4, -0.2) is 31.6 Å². The van der Waals surface area contributed by atoms with Crippen molar-refractivity contribution in [2.24, 2.45) is 0 Å². The van der Waals surface area contributed by atoms with Crippen molar-refractivity contribution in [1.29, 1.82) is 0 Å². The summed E-state index contributed by atoms with van der Waals surface area (Å²) in [6, 6.07) is 1.70. The maximum atomic E-state index is 11.3. The van der Waals surface area contributed by atoms with Gasteiger partial charge in [-0.05, 0) is 19.9 Å². The summed E-state index contributed by atoms with van der Waals surface area (Å²) in [5.41, 5.74) is 0.362. The van der Waals surface area contributed by atoms with E-state index in [0.29, 0.717) is 17.9 Å². The van der Waals surface area contributed by atoms with Gasteiger partial charge in [0.15, 0.2) is 0 Å². The van der Waals surface area contributed by atoms with Crippen molar-refractivity contribution in [3.8, 4) is 0 Å². The molecule has 0 bridgehead atoms. The zero-order chi connectivity index (χ0) is 13.5. The second kappa shape index (κ2) is 6.80. The molecule has 0 fully saturated rings. The molecular weight excluding hydrogens is 236 g/mol. The van der Waals surface area contributed by atoms with Crippen molar-refractivity contribution in [3.63, 3.8) is 0 Å². The molecule has 0 aliphatic rings. The van der Waals surface area contributed by atoms with Gasteiger partial charge in [0.2, 0.25) is 5.91 Å². The average Bonchev–Trinajstić information content (AvgIpc) is 2.75. The lowest BCUT2D eigenvalue weighted by Gasteiger charge is -2.08. The Morgan fingerprint density at radius 2 is 2.17 bits per heavy atom. The molecule has 0 radical (unpaired) electrons. The normalized spacial score (nSPS) is 10.4. The van der Waals surface area contributed by atoms with Gasteiger partial charge in [-0.2, -0.15) is 0 Å². The molecular formula is C12H18N2O4. The topological polar surface area (TPSA) is 80.6 Å². The van der Waals surface area contributed by atoms with Crippen molar-refractivity contribution in [2.45, 2.75) is 26.4 Å². The second-order valence-corrected chi connectivity index (χ2v) is 4.12. The quantitative estimate of drug-likeness (QED) is 0.730. The van der Waals surface area contributed by atoms with Crippen LogP contribution in [0.3, 0.4) is 0 Å². The summed E-state index contributed by atoms with van der Waals surface area (Å²) in [5, 5.41) is 5.67. The number of rotatable bonds is 6. The van der Waals surface area contributed by atoms with E-state index in [9.17, 15) is 9.59 Å². The Bertz CT molecular complexity index is 412. The smallest absolute Gasteiger partial charge is 0.341 e. The molecule has 1 amide bonds. The molecule has 1 heterocycles. The number of carbonyl (C=O) groups excluding carboxylic acids is 2. The van der Waals surface area contributed by atoms with Crippen molar-refractivity contribution in [2.75, 3.05) is 13.7 Å².